The molecule has 3 aromatic carbocycles. The Bertz CT molecular complexity index is 1950. The molecule has 0 radical (unpaired) electrons. The molecule has 6 rings (SSSR count). The molecule has 0 saturated heterocycles. The van der Waals surface area contributed by atoms with E-state index in [9.17, 15) is 14.3 Å². The van der Waals surface area contributed by atoms with Crippen molar-refractivity contribution >= 4 is 11.6 Å². The van der Waals surface area contributed by atoms with Crippen molar-refractivity contribution in [3.63, 3.8) is 0 Å². The molecule has 2 aromatic heterocycles. The normalized spacial score (nSPS) is 16.9. The fourth-order valence-electron chi connectivity index (χ4n) is 5.62. The quantitative estimate of drug-likeness (QED) is 0.223. The number of hydrogen-bond acceptors (Lipinski definition) is 8. The molecule has 11 heteroatoms. The summed E-state index contributed by atoms with van der Waals surface area (Å²) in [6, 6.07) is 20.1. The van der Waals surface area contributed by atoms with Crippen molar-refractivity contribution in [3.8, 4) is 22.6 Å². The number of halogens is 1. The molecule has 3 heterocycles. The van der Waals surface area contributed by atoms with Crippen LogP contribution in [0.15, 0.2) is 82.8 Å². The zero-order chi connectivity index (χ0) is 31.7. The summed E-state index contributed by atoms with van der Waals surface area (Å²) >= 11 is 0. The van der Waals surface area contributed by atoms with Crippen molar-refractivity contribution in [2.45, 2.75) is 52.4 Å². The van der Waals surface area contributed by atoms with Crippen molar-refractivity contribution < 1.29 is 19.1 Å². The Morgan fingerprint density at radius 2 is 1.84 bits per heavy atom. The number of hydroxylamine groups is 1. The monoisotopic (exact) mass is 610 g/mol. The van der Waals surface area contributed by atoms with Crippen molar-refractivity contribution in [2.24, 2.45) is 10.9 Å². The number of ether oxygens (including phenoxy) is 1. The first-order valence-electron chi connectivity index (χ1n) is 15.0. The molecule has 0 fully saturated rings. The largest absolute Gasteiger partial charge is 0.494 e. The highest BCUT2D eigenvalue weighted by Gasteiger charge is 2.40. The minimum absolute atomic E-state index is 0.0864. The molecule has 0 bridgehead atoms. The van der Waals surface area contributed by atoms with Gasteiger partial charge >= 0.3 is 0 Å². The van der Waals surface area contributed by atoms with E-state index in [1.54, 1.807) is 10.6 Å². The number of benzene rings is 3. The molecule has 10 nitrogen and oxygen atoms in total. The van der Waals surface area contributed by atoms with E-state index in [4.69, 9.17) is 9.57 Å². The predicted octanol–water partition coefficient (Wildman–Crippen LogP) is 5.21. The number of nitrogens with zero attached hydrogens (tertiary/aromatic N) is 5. The van der Waals surface area contributed by atoms with E-state index >= 15 is 0 Å². The second-order valence-electron chi connectivity index (χ2n) is 11.2. The lowest BCUT2D eigenvalue weighted by Gasteiger charge is -2.22. The number of methoxy groups -OCH3 is 1. The number of fused-ring (bicyclic) bond motifs is 1. The van der Waals surface area contributed by atoms with Crippen LogP contribution in [-0.4, -0.2) is 43.1 Å². The lowest BCUT2D eigenvalue weighted by molar-refractivity contribution is -0.234. The molecule has 0 amide bonds. The molecule has 2 N–H and O–H groups in total. The first-order chi connectivity index (χ1) is 21.8. The van der Waals surface area contributed by atoms with E-state index in [1.807, 2.05) is 69.3 Å². The van der Waals surface area contributed by atoms with Gasteiger partial charge in [0.25, 0.3) is 11.5 Å². The van der Waals surface area contributed by atoms with Gasteiger partial charge in [-0.15, -0.1) is 0 Å². The molecule has 0 aliphatic carbocycles. The molecule has 2 unspecified atom stereocenters. The van der Waals surface area contributed by atoms with Crippen LogP contribution in [0.1, 0.15) is 56.0 Å². The van der Waals surface area contributed by atoms with Crippen LogP contribution >= 0.6 is 0 Å². The summed E-state index contributed by atoms with van der Waals surface area (Å²) in [6.45, 7) is 5.90. The van der Waals surface area contributed by atoms with Crippen LogP contribution in [0.5, 0.6) is 5.75 Å². The number of aliphatic hydroxyl groups is 1. The van der Waals surface area contributed by atoms with E-state index in [2.05, 4.69) is 20.6 Å². The zero-order valence-corrected chi connectivity index (χ0v) is 25.6. The summed E-state index contributed by atoms with van der Waals surface area (Å²) in [7, 11) is 1.39. The maximum absolute atomic E-state index is 14.7. The summed E-state index contributed by atoms with van der Waals surface area (Å²) < 4.78 is 22.9. The maximum Gasteiger partial charge on any atom is 0.293 e. The Morgan fingerprint density at radius 3 is 2.53 bits per heavy atom. The number of aromatic nitrogens is 4. The van der Waals surface area contributed by atoms with E-state index in [0.717, 1.165) is 34.4 Å². The van der Waals surface area contributed by atoms with Crippen molar-refractivity contribution in [2.75, 3.05) is 7.11 Å². The van der Waals surface area contributed by atoms with E-state index in [1.165, 1.54) is 30.1 Å². The topological polar surface area (TPSA) is 115 Å². The Balaban J connectivity index is 1.38. The highest BCUT2D eigenvalue weighted by molar-refractivity contribution is 6.04. The van der Waals surface area contributed by atoms with Gasteiger partial charge in [-0.25, -0.2) is 28.8 Å². The second-order valence-corrected chi connectivity index (χ2v) is 11.2. The summed E-state index contributed by atoms with van der Waals surface area (Å²) in [4.78, 5) is 28.5. The Morgan fingerprint density at radius 1 is 1.09 bits per heavy atom. The van der Waals surface area contributed by atoms with Gasteiger partial charge in [0.2, 0.25) is 5.78 Å². The smallest absolute Gasteiger partial charge is 0.293 e. The Labute approximate surface area is 259 Å². The lowest BCUT2D eigenvalue weighted by Crippen LogP contribution is -2.36. The van der Waals surface area contributed by atoms with Gasteiger partial charge in [0.15, 0.2) is 17.4 Å². The number of aryl methyl sites for hydroxylation is 1. The third-order valence-corrected chi connectivity index (χ3v) is 8.33. The molecule has 1 aliphatic rings. The first-order valence-corrected chi connectivity index (χ1v) is 15.0. The molecular formula is C34H35FN6O4. The molecule has 232 valence electrons. The number of hydrogen-bond donors (Lipinski definition) is 2. The average molecular weight is 611 g/mol. The molecule has 45 heavy (non-hydrogen) atoms. The zero-order valence-electron chi connectivity index (χ0n) is 25.6. The van der Waals surface area contributed by atoms with Gasteiger partial charge in [0.05, 0.1) is 18.5 Å². The van der Waals surface area contributed by atoms with Gasteiger partial charge in [0.1, 0.15) is 6.33 Å². The van der Waals surface area contributed by atoms with Crippen molar-refractivity contribution in [1.29, 1.82) is 0 Å². The SMILES string of the molecule is CCCc1c(Cc2ccc(-c3ccccc3C3=NC(O)(C(C)CC)ON3)cc2)c(=O)n(-c2ccc(OC)c(F)c2)c2ncnn12. The van der Waals surface area contributed by atoms with Gasteiger partial charge in [-0.1, -0.05) is 75.7 Å². The summed E-state index contributed by atoms with van der Waals surface area (Å²) in [6.07, 6.45) is 3.86. The van der Waals surface area contributed by atoms with Crippen LogP contribution in [0.2, 0.25) is 0 Å². The molecule has 0 saturated carbocycles. The summed E-state index contributed by atoms with van der Waals surface area (Å²) in [5.41, 5.74) is 7.76. The summed E-state index contributed by atoms with van der Waals surface area (Å²) in [5, 5.41) is 15.3. The Kier molecular flexibility index (Phi) is 8.22. The van der Waals surface area contributed by atoms with Crippen molar-refractivity contribution in [3.05, 3.63) is 112 Å². The van der Waals surface area contributed by atoms with Crippen LogP contribution in [0.4, 0.5) is 4.39 Å². The lowest BCUT2D eigenvalue weighted by atomic mass is 9.96. The van der Waals surface area contributed by atoms with Crippen LogP contribution in [0, 0.1) is 11.7 Å². The molecule has 2 atom stereocenters. The van der Waals surface area contributed by atoms with Gasteiger partial charge in [-0.2, -0.15) is 10.1 Å². The van der Waals surface area contributed by atoms with E-state index in [0.29, 0.717) is 42.1 Å². The average Bonchev–Trinajstić information content (AvgIpc) is 3.70. The van der Waals surface area contributed by atoms with Crippen LogP contribution in [-0.2, 0) is 17.7 Å². The highest BCUT2D eigenvalue weighted by Crippen LogP contribution is 2.31. The minimum atomic E-state index is -1.63. The molecule has 1 aliphatic heterocycles. The van der Waals surface area contributed by atoms with Crippen LogP contribution in [0.25, 0.3) is 22.6 Å². The molecule has 0 spiro atoms. The summed E-state index contributed by atoms with van der Waals surface area (Å²) in [5.74, 6) is -1.55. The van der Waals surface area contributed by atoms with E-state index < -0.39 is 11.7 Å². The van der Waals surface area contributed by atoms with Crippen molar-refractivity contribution in [1.82, 2.24) is 24.6 Å². The maximum atomic E-state index is 14.7. The molecule has 5 aromatic rings. The van der Waals surface area contributed by atoms with Gasteiger partial charge in [-0.05, 0) is 41.7 Å². The highest BCUT2D eigenvalue weighted by atomic mass is 19.1. The number of amidine groups is 1. The second kappa shape index (κ2) is 12.3. The fraction of sp³-hybridized carbons (Fsp3) is 0.294. The number of aliphatic imine (C=N–C) groups is 1. The fourth-order valence-corrected chi connectivity index (χ4v) is 5.62. The van der Waals surface area contributed by atoms with Crippen LogP contribution < -0.4 is 15.8 Å². The predicted molar refractivity (Wildman–Crippen MR) is 169 cm³/mol. The van der Waals surface area contributed by atoms with Gasteiger partial charge < -0.3 is 9.84 Å². The molecular weight excluding hydrogens is 575 g/mol. The third-order valence-electron chi connectivity index (χ3n) is 8.33. The third kappa shape index (κ3) is 5.49. The minimum Gasteiger partial charge on any atom is -0.494 e. The number of nitrogens with one attached hydrogen (secondary N) is 1. The Hall–Kier alpha value is -4.87. The van der Waals surface area contributed by atoms with E-state index in [-0.39, 0.29) is 17.2 Å². The van der Waals surface area contributed by atoms with Crippen LogP contribution in [0.3, 0.4) is 0 Å². The number of rotatable bonds is 10. The van der Waals surface area contributed by atoms with Gasteiger partial charge in [-0.3, -0.25) is 4.79 Å². The first kappa shape index (κ1) is 30.2. The van der Waals surface area contributed by atoms with Gasteiger partial charge in [0, 0.05) is 29.5 Å². The standard InChI is InChI=1S/C34H35FN6O4/c1-5-9-29-27(32(42)40(33-36-20-37-41(29)33)24-16-17-30(44-4)28(35)19-24)18-22-12-14-23(15-13-22)25-10-7-8-11-26(25)31-38-34(43,45-39-31)21(3)6-2/h7-8,10-17,19-21,43H,5-6,9,18H2,1-4H3,(H,38,39).